The fourth-order valence-electron chi connectivity index (χ4n) is 2.31. The van der Waals surface area contributed by atoms with Crippen molar-refractivity contribution in [3.8, 4) is 0 Å². The van der Waals surface area contributed by atoms with Gasteiger partial charge in [-0.2, -0.15) is 11.8 Å². The van der Waals surface area contributed by atoms with E-state index in [0.29, 0.717) is 19.5 Å². The summed E-state index contributed by atoms with van der Waals surface area (Å²) in [5.74, 6) is 1.82. The molecule has 1 aromatic rings. The lowest BCUT2D eigenvalue weighted by Gasteiger charge is -2.09. The number of benzene rings is 1. The van der Waals surface area contributed by atoms with Gasteiger partial charge < -0.3 is 10.6 Å². The third-order valence-electron chi connectivity index (χ3n) is 3.46. The fourth-order valence-corrected chi connectivity index (χ4v) is 3.22. The molecule has 2 rings (SSSR count). The second kappa shape index (κ2) is 8.08. The lowest BCUT2D eigenvalue weighted by Crippen LogP contribution is -2.32. The van der Waals surface area contributed by atoms with Crippen LogP contribution in [-0.2, 0) is 15.3 Å². The molecule has 21 heavy (non-hydrogen) atoms. The fraction of sp³-hybridized carbons (Fsp3) is 0.500. The normalized spacial score (nSPS) is 17.6. The van der Waals surface area contributed by atoms with Crippen LogP contribution in [0.15, 0.2) is 24.3 Å². The molecule has 0 saturated carbocycles. The van der Waals surface area contributed by atoms with Gasteiger partial charge in [0, 0.05) is 25.3 Å². The van der Waals surface area contributed by atoms with Crippen molar-refractivity contribution in [1.82, 2.24) is 10.6 Å². The summed E-state index contributed by atoms with van der Waals surface area (Å²) in [6.07, 6.45) is 1.28. The van der Waals surface area contributed by atoms with E-state index < -0.39 is 0 Å². The third-order valence-corrected chi connectivity index (χ3v) is 4.58. The van der Waals surface area contributed by atoms with Gasteiger partial charge in [0.05, 0.1) is 5.92 Å². The monoisotopic (exact) mass is 306 g/mol. The zero-order chi connectivity index (χ0) is 15.1. The highest BCUT2D eigenvalue weighted by Gasteiger charge is 2.27. The minimum Gasteiger partial charge on any atom is -0.356 e. The first-order valence-electron chi connectivity index (χ1n) is 7.33. The third kappa shape index (κ3) is 5.42. The number of nitrogens with one attached hydrogen (secondary N) is 2. The van der Waals surface area contributed by atoms with Gasteiger partial charge in [-0.05, 0) is 24.7 Å². The molecule has 1 heterocycles. The summed E-state index contributed by atoms with van der Waals surface area (Å²) in [7, 11) is 0. The molecule has 0 bridgehead atoms. The Balaban J connectivity index is 1.54. The van der Waals surface area contributed by atoms with Crippen LogP contribution < -0.4 is 10.6 Å². The predicted molar refractivity (Wildman–Crippen MR) is 86.1 cm³/mol. The molecule has 5 heteroatoms. The molecule has 1 atom stereocenters. The van der Waals surface area contributed by atoms with E-state index in [1.54, 1.807) is 0 Å². The average molecular weight is 306 g/mol. The molecule has 1 aliphatic rings. The lowest BCUT2D eigenvalue weighted by atomic mass is 10.1. The molecule has 0 aromatic heterocycles. The van der Waals surface area contributed by atoms with Gasteiger partial charge in [-0.25, -0.2) is 0 Å². The van der Waals surface area contributed by atoms with E-state index in [0.717, 1.165) is 17.9 Å². The summed E-state index contributed by atoms with van der Waals surface area (Å²) in [4.78, 5) is 22.8. The Morgan fingerprint density at radius 2 is 2.33 bits per heavy atom. The van der Waals surface area contributed by atoms with Crippen LogP contribution >= 0.6 is 11.8 Å². The van der Waals surface area contributed by atoms with Crippen molar-refractivity contribution in [3.63, 3.8) is 0 Å². The zero-order valence-corrected chi connectivity index (χ0v) is 13.2. The van der Waals surface area contributed by atoms with Crippen LogP contribution in [0, 0.1) is 12.8 Å². The van der Waals surface area contributed by atoms with Crippen molar-refractivity contribution in [3.05, 3.63) is 35.4 Å². The van der Waals surface area contributed by atoms with Crippen molar-refractivity contribution in [1.29, 1.82) is 0 Å². The lowest BCUT2D eigenvalue weighted by molar-refractivity contribution is -0.126. The minimum atomic E-state index is -0.183. The molecule has 0 radical (unpaired) electrons. The first-order chi connectivity index (χ1) is 10.1. The van der Waals surface area contributed by atoms with Crippen molar-refractivity contribution < 1.29 is 9.59 Å². The Hall–Kier alpha value is -1.49. The van der Waals surface area contributed by atoms with Gasteiger partial charge in [-0.15, -0.1) is 0 Å². The van der Waals surface area contributed by atoms with Gasteiger partial charge in [0.25, 0.3) is 0 Å². The zero-order valence-electron chi connectivity index (χ0n) is 12.4. The SMILES string of the molecule is Cc1cccc(CSCCCNC(=O)[C@@H]2CNC(=O)C2)c1. The summed E-state index contributed by atoms with van der Waals surface area (Å²) in [6, 6.07) is 8.54. The van der Waals surface area contributed by atoms with Crippen LogP contribution in [0.3, 0.4) is 0 Å². The van der Waals surface area contributed by atoms with Gasteiger partial charge in [-0.1, -0.05) is 29.8 Å². The van der Waals surface area contributed by atoms with Crippen LogP contribution in [0.2, 0.25) is 0 Å². The van der Waals surface area contributed by atoms with Gasteiger partial charge in [0.15, 0.2) is 0 Å². The van der Waals surface area contributed by atoms with Gasteiger partial charge in [-0.3, -0.25) is 9.59 Å². The van der Waals surface area contributed by atoms with E-state index in [2.05, 4.69) is 41.8 Å². The molecule has 0 spiro atoms. The average Bonchev–Trinajstić information content (AvgIpc) is 2.89. The number of thioether (sulfide) groups is 1. The van der Waals surface area contributed by atoms with E-state index in [4.69, 9.17) is 0 Å². The molecule has 1 aromatic carbocycles. The largest absolute Gasteiger partial charge is 0.356 e. The molecule has 2 amide bonds. The van der Waals surface area contributed by atoms with E-state index in [1.165, 1.54) is 11.1 Å². The smallest absolute Gasteiger partial charge is 0.225 e. The van der Waals surface area contributed by atoms with Crippen LogP contribution in [0.1, 0.15) is 24.0 Å². The summed E-state index contributed by atoms with van der Waals surface area (Å²) in [6.45, 7) is 3.27. The second-order valence-corrected chi connectivity index (χ2v) is 6.50. The molecule has 0 unspecified atom stereocenters. The van der Waals surface area contributed by atoms with Crippen LogP contribution in [0.25, 0.3) is 0 Å². The van der Waals surface area contributed by atoms with E-state index in [1.807, 2.05) is 11.8 Å². The van der Waals surface area contributed by atoms with Crippen LogP contribution in [-0.4, -0.2) is 30.7 Å². The number of rotatable bonds is 7. The molecular weight excluding hydrogens is 284 g/mol. The Kier molecular flexibility index (Phi) is 6.11. The number of aryl methyl sites for hydroxylation is 1. The van der Waals surface area contributed by atoms with Crippen molar-refractivity contribution in [2.24, 2.45) is 5.92 Å². The second-order valence-electron chi connectivity index (χ2n) is 5.39. The summed E-state index contributed by atoms with van der Waals surface area (Å²) in [5, 5.41) is 5.59. The maximum Gasteiger partial charge on any atom is 0.225 e. The first kappa shape index (κ1) is 15.9. The van der Waals surface area contributed by atoms with E-state index in [9.17, 15) is 9.59 Å². The van der Waals surface area contributed by atoms with E-state index >= 15 is 0 Å². The number of hydrogen-bond donors (Lipinski definition) is 2. The summed E-state index contributed by atoms with van der Waals surface area (Å²) < 4.78 is 0. The summed E-state index contributed by atoms with van der Waals surface area (Å²) >= 11 is 1.88. The number of hydrogen-bond acceptors (Lipinski definition) is 3. The van der Waals surface area contributed by atoms with Gasteiger partial charge in [0.2, 0.25) is 11.8 Å². The highest BCUT2D eigenvalue weighted by Crippen LogP contribution is 2.14. The Morgan fingerprint density at radius 3 is 3.05 bits per heavy atom. The topological polar surface area (TPSA) is 58.2 Å². The Bertz CT molecular complexity index is 505. The quantitative estimate of drug-likeness (QED) is 0.756. The Labute approximate surface area is 130 Å². The maximum absolute atomic E-state index is 11.8. The predicted octanol–water partition coefficient (Wildman–Crippen LogP) is 1.87. The van der Waals surface area contributed by atoms with Crippen molar-refractivity contribution >= 4 is 23.6 Å². The molecule has 2 N–H and O–H groups in total. The molecule has 1 saturated heterocycles. The van der Waals surface area contributed by atoms with Crippen molar-refractivity contribution in [2.45, 2.75) is 25.5 Å². The molecule has 0 aliphatic carbocycles. The van der Waals surface area contributed by atoms with Crippen molar-refractivity contribution in [2.75, 3.05) is 18.8 Å². The van der Waals surface area contributed by atoms with Gasteiger partial charge in [0.1, 0.15) is 0 Å². The standard InChI is InChI=1S/C16H22N2O2S/c1-12-4-2-5-13(8-12)11-21-7-3-6-17-16(20)14-9-15(19)18-10-14/h2,4-5,8,14H,3,6-7,9-11H2,1H3,(H,17,20)(H,18,19)/t14-/m0/s1. The van der Waals surface area contributed by atoms with E-state index in [-0.39, 0.29) is 17.7 Å². The molecular formula is C16H22N2O2S. The first-order valence-corrected chi connectivity index (χ1v) is 8.48. The molecule has 1 aliphatic heterocycles. The number of amides is 2. The van der Waals surface area contributed by atoms with Gasteiger partial charge >= 0.3 is 0 Å². The number of carbonyl (C=O) groups is 2. The molecule has 114 valence electrons. The molecule has 1 fully saturated rings. The highest BCUT2D eigenvalue weighted by atomic mass is 32.2. The number of carbonyl (C=O) groups excluding carboxylic acids is 2. The highest BCUT2D eigenvalue weighted by molar-refractivity contribution is 7.98. The maximum atomic E-state index is 11.8. The van der Waals surface area contributed by atoms with Crippen LogP contribution in [0.4, 0.5) is 0 Å². The Morgan fingerprint density at radius 1 is 1.48 bits per heavy atom. The minimum absolute atomic E-state index is 0.00275. The molecule has 4 nitrogen and oxygen atoms in total. The van der Waals surface area contributed by atoms with Crippen LogP contribution in [0.5, 0.6) is 0 Å². The summed E-state index contributed by atoms with van der Waals surface area (Å²) in [5.41, 5.74) is 2.64.